The van der Waals surface area contributed by atoms with Crippen molar-refractivity contribution in [2.24, 2.45) is 5.92 Å². The summed E-state index contributed by atoms with van der Waals surface area (Å²) in [7, 11) is 0. The van der Waals surface area contributed by atoms with Gasteiger partial charge < -0.3 is 26.0 Å². The number of aromatic nitrogens is 3. The molecule has 6 N–H and O–H groups in total. The number of aliphatic hydroxyl groups is 3. The third-order valence-corrected chi connectivity index (χ3v) is 7.84. The molecule has 0 radical (unpaired) electrons. The number of aromatic amines is 1. The molecule has 9 nitrogen and oxygen atoms in total. The van der Waals surface area contributed by atoms with E-state index in [1.165, 1.54) is 11.3 Å². The lowest BCUT2D eigenvalue weighted by molar-refractivity contribution is -0.0601. The molecule has 0 aliphatic heterocycles. The Balaban J connectivity index is 1.54. The molecule has 4 atom stereocenters. The summed E-state index contributed by atoms with van der Waals surface area (Å²) in [5, 5.41) is 38.6. The van der Waals surface area contributed by atoms with Gasteiger partial charge in [0.15, 0.2) is 0 Å². The van der Waals surface area contributed by atoms with Crippen LogP contribution >= 0.6 is 11.3 Å². The van der Waals surface area contributed by atoms with E-state index < -0.39 is 29.8 Å². The Morgan fingerprint density at radius 2 is 1.88 bits per heavy atom. The Morgan fingerprint density at radius 1 is 1.12 bits per heavy atom. The number of rotatable bonds is 6. The summed E-state index contributed by atoms with van der Waals surface area (Å²) in [6.45, 7) is 3.24. The van der Waals surface area contributed by atoms with Crippen LogP contribution in [-0.2, 0) is 0 Å². The number of fused-ring (bicyclic) bond motifs is 1. The number of thiazole rings is 1. The van der Waals surface area contributed by atoms with Crippen LogP contribution < -0.4 is 16.2 Å². The number of nitrogens with zero attached hydrogens (tertiary/aromatic N) is 2. The van der Waals surface area contributed by atoms with Crippen molar-refractivity contribution >= 4 is 33.3 Å². The molecule has 2 fully saturated rings. The highest BCUT2D eigenvalue weighted by molar-refractivity contribution is 7.21. The van der Waals surface area contributed by atoms with Gasteiger partial charge in [0, 0.05) is 12.0 Å². The van der Waals surface area contributed by atoms with Gasteiger partial charge in [-0.2, -0.15) is 4.98 Å². The lowest BCUT2D eigenvalue weighted by Gasteiger charge is -2.28. The third-order valence-electron chi connectivity index (χ3n) is 6.78. The summed E-state index contributed by atoms with van der Waals surface area (Å²) in [5.74, 6) is 0.141. The molecule has 5 rings (SSSR count). The first-order valence-corrected chi connectivity index (χ1v) is 12.1. The molecular weight excluding hydrogens is 442 g/mol. The number of nitrogens with one attached hydrogen (secondary N) is 3. The second-order valence-electron chi connectivity index (χ2n) is 9.62. The van der Waals surface area contributed by atoms with Crippen molar-refractivity contribution in [1.82, 2.24) is 15.0 Å². The van der Waals surface area contributed by atoms with Crippen LogP contribution in [0.2, 0.25) is 0 Å². The lowest BCUT2D eigenvalue weighted by Crippen LogP contribution is -2.40. The van der Waals surface area contributed by atoms with Crippen LogP contribution in [0.3, 0.4) is 0 Å². The first kappa shape index (κ1) is 22.3. The molecule has 1 aromatic carbocycles. The summed E-state index contributed by atoms with van der Waals surface area (Å²) >= 11 is 1.39. The van der Waals surface area contributed by atoms with Crippen LogP contribution in [0, 0.1) is 5.92 Å². The van der Waals surface area contributed by atoms with E-state index in [-0.39, 0.29) is 11.6 Å². The first-order valence-electron chi connectivity index (χ1n) is 11.3. The van der Waals surface area contributed by atoms with Crippen molar-refractivity contribution in [1.29, 1.82) is 0 Å². The largest absolute Gasteiger partial charge is 0.390 e. The van der Waals surface area contributed by atoms with Gasteiger partial charge in [0.1, 0.15) is 22.5 Å². The van der Waals surface area contributed by atoms with Crippen LogP contribution in [0.15, 0.2) is 29.1 Å². The van der Waals surface area contributed by atoms with E-state index in [9.17, 15) is 20.1 Å². The minimum atomic E-state index is -1.16. The maximum atomic E-state index is 13.2. The van der Waals surface area contributed by atoms with Crippen molar-refractivity contribution in [3.05, 3.63) is 34.6 Å². The van der Waals surface area contributed by atoms with Crippen LogP contribution in [0.25, 0.3) is 20.8 Å². The standard InChI is InChI=1S/C23H29N5O4S/c1-23(2,32)12-10-14(18(30)17(12)29)25-19-16(21-26-13-8-3-4-9-15(13)33-21)20(31)28-22(27-19)24-11-6-5-7-11/h3-4,8-9,11-12,14,17-18,29-30,32H,5-7,10H2,1-2H3,(H3,24,25,27,28,31)/t12-,14?,17+,18-/m0/s1. The Kier molecular flexibility index (Phi) is 5.64. The van der Waals surface area contributed by atoms with Gasteiger partial charge in [-0.05, 0) is 51.7 Å². The molecule has 2 aromatic heterocycles. The molecule has 2 heterocycles. The van der Waals surface area contributed by atoms with Crippen LogP contribution in [0.5, 0.6) is 0 Å². The smallest absolute Gasteiger partial charge is 0.264 e. The van der Waals surface area contributed by atoms with Crippen molar-refractivity contribution in [2.75, 3.05) is 10.6 Å². The van der Waals surface area contributed by atoms with Crippen molar-refractivity contribution in [3.8, 4) is 10.6 Å². The van der Waals surface area contributed by atoms with Gasteiger partial charge in [0.25, 0.3) is 5.56 Å². The van der Waals surface area contributed by atoms with E-state index in [2.05, 4.69) is 25.6 Å². The minimum Gasteiger partial charge on any atom is -0.390 e. The molecular formula is C23H29N5O4S. The quantitative estimate of drug-likeness (QED) is 0.321. The van der Waals surface area contributed by atoms with Crippen molar-refractivity contribution in [3.63, 3.8) is 0 Å². The molecule has 0 bridgehead atoms. The highest BCUT2D eigenvalue weighted by Gasteiger charge is 2.48. The highest BCUT2D eigenvalue weighted by Crippen LogP contribution is 2.38. The number of anilines is 2. The first-order chi connectivity index (χ1) is 15.7. The maximum Gasteiger partial charge on any atom is 0.264 e. The summed E-state index contributed by atoms with van der Waals surface area (Å²) in [6, 6.07) is 7.34. The summed E-state index contributed by atoms with van der Waals surface area (Å²) in [5.41, 5.74) is -0.410. The molecule has 176 valence electrons. The van der Waals surface area contributed by atoms with Crippen LogP contribution in [-0.4, -0.2) is 60.2 Å². The lowest BCUT2D eigenvalue weighted by atomic mass is 9.88. The molecule has 2 saturated carbocycles. The van der Waals surface area contributed by atoms with Crippen LogP contribution in [0.1, 0.15) is 39.5 Å². The zero-order valence-electron chi connectivity index (χ0n) is 18.6. The fraction of sp³-hybridized carbons (Fsp3) is 0.522. The van der Waals surface area contributed by atoms with Gasteiger partial charge in [-0.1, -0.05) is 12.1 Å². The molecule has 2 aliphatic rings. The molecule has 1 unspecified atom stereocenters. The maximum absolute atomic E-state index is 13.2. The summed E-state index contributed by atoms with van der Waals surface area (Å²) < 4.78 is 0.952. The Bertz CT molecular complexity index is 1180. The van der Waals surface area contributed by atoms with Crippen LogP contribution in [0.4, 0.5) is 11.8 Å². The highest BCUT2D eigenvalue weighted by atomic mass is 32.1. The number of benzene rings is 1. The van der Waals surface area contributed by atoms with Crippen molar-refractivity contribution in [2.45, 2.75) is 69.4 Å². The van der Waals surface area contributed by atoms with E-state index in [1.807, 2.05) is 24.3 Å². The molecule has 0 spiro atoms. The molecule has 10 heteroatoms. The molecule has 33 heavy (non-hydrogen) atoms. The van der Waals surface area contributed by atoms with Gasteiger partial charge in [-0.15, -0.1) is 11.3 Å². The van der Waals surface area contributed by atoms with E-state index in [1.54, 1.807) is 13.8 Å². The molecule has 0 amide bonds. The van der Waals surface area contributed by atoms with Gasteiger partial charge in [0.2, 0.25) is 5.95 Å². The predicted molar refractivity (Wildman–Crippen MR) is 129 cm³/mol. The Hall–Kier alpha value is -2.53. The number of hydrogen-bond acceptors (Lipinski definition) is 9. The zero-order chi connectivity index (χ0) is 23.3. The number of para-hydroxylation sites is 1. The van der Waals surface area contributed by atoms with Gasteiger partial charge in [-0.3, -0.25) is 9.78 Å². The minimum absolute atomic E-state index is 0.271. The van der Waals surface area contributed by atoms with Gasteiger partial charge in [0.05, 0.1) is 28.0 Å². The summed E-state index contributed by atoms with van der Waals surface area (Å²) in [6.07, 6.45) is 1.29. The second-order valence-corrected chi connectivity index (χ2v) is 10.7. The van der Waals surface area contributed by atoms with E-state index in [0.29, 0.717) is 28.8 Å². The van der Waals surface area contributed by atoms with Crippen molar-refractivity contribution < 1.29 is 15.3 Å². The van der Waals surface area contributed by atoms with Gasteiger partial charge >= 0.3 is 0 Å². The average molecular weight is 472 g/mol. The zero-order valence-corrected chi connectivity index (χ0v) is 19.4. The van der Waals surface area contributed by atoms with E-state index in [4.69, 9.17) is 0 Å². The topological polar surface area (TPSA) is 143 Å². The average Bonchev–Trinajstić information content (AvgIpc) is 3.26. The number of aliphatic hydroxyl groups excluding tert-OH is 2. The monoisotopic (exact) mass is 471 g/mol. The normalized spacial score (nSPS) is 25.8. The Morgan fingerprint density at radius 3 is 2.52 bits per heavy atom. The third kappa shape index (κ3) is 4.23. The molecule has 0 saturated heterocycles. The predicted octanol–water partition coefficient (Wildman–Crippen LogP) is 2.30. The number of H-pyrrole nitrogens is 1. The van der Waals surface area contributed by atoms with E-state index >= 15 is 0 Å². The molecule has 2 aliphatic carbocycles. The van der Waals surface area contributed by atoms with Gasteiger partial charge in [-0.25, -0.2) is 4.98 Å². The number of hydrogen-bond donors (Lipinski definition) is 6. The SMILES string of the molecule is CC(C)(O)[C@H]1CC(Nc2nc(NC3CCC3)[nH]c(=O)c2-c2nc3ccccc3s2)[C@H](O)[C@@H]1O. The second kappa shape index (κ2) is 8.35. The van der Waals surface area contributed by atoms with E-state index in [0.717, 1.165) is 29.5 Å². The summed E-state index contributed by atoms with van der Waals surface area (Å²) in [4.78, 5) is 25.3. The fourth-order valence-electron chi connectivity index (χ4n) is 4.62. The molecule has 3 aromatic rings. The fourth-order valence-corrected chi connectivity index (χ4v) is 5.63. The Labute approximate surface area is 194 Å².